The van der Waals surface area contributed by atoms with Gasteiger partial charge >= 0.3 is 6.09 Å². The van der Waals surface area contributed by atoms with E-state index in [1.165, 1.54) is 0 Å². The van der Waals surface area contributed by atoms with Crippen LogP contribution in [0.15, 0.2) is 10.9 Å². The number of ether oxygens (including phenoxy) is 1. The molecule has 0 aliphatic carbocycles. The lowest BCUT2D eigenvalue weighted by atomic mass is 9.95. The summed E-state index contributed by atoms with van der Waals surface area (Å²) in [4.78, 5) is 38.9. The zero-order chi connectivity index (χ0) is 18.2. The van der Waals surface area contributed by atoms with E-state index in [9.17, 15) is 14.4 Å². The number of amides is 2. The number of nitrogens with zero attached hydrogens (tertiary/aromatic N) is 2. The van der Waals surface area contributed by atoms with E-state index < -0.39 is 5.60 Å². The van der Waals surface area contributed by atoms with Crippen LogP contribution in [0.2, 0.25) is 0 Å². The first-order valence-electron chi connectivity index (χ1n) is 8.84. The van der Waals surface area contributed by atoms with Crippen molar-refractivity contribution in [2.45, 2.75) is 52.2 Å². The Morgan fingerprint density at radius 3 is 2.68 bits per heavy atom. The van der Waals surface area contributed by atoms with Gasteiger partial charge in [0, 0.05) is 31.7 Å². The van der Waals surface area contributed by atoms with Gasteiger partial charge in [0.1, 0.15) is 11.2 Å². The summed E-state index contributed by atoms with van der Waals surface area (Å²) in [6.45, 7) is 7.65. The van der Waals surface area contributed by atoms with E-state index in [1.54, 1.807) is 9.47 Å². The van der Waals surface area contributed by atoms with E-state index in [2.05, 4.69) is 5.32 Å². The molecule has 1 aromatic heterocycles. The molecule has 7 nitrogen and oxygen atoms in total. The average Bonchev–Trinajstić information content (AvgIpc) is 2.78. The Kier molecular flexibility index (Phi) is 4.58. The zero-order valence-corrected chi connectivity index (χ0v) is 15.1. The number of pyridine rings is 1. The van der Waals surface area contributed by atoms with E-state index in [0.29, 0.717) is 38.2 Å². The molecular formula is C18H25N3O4. The molecular weight excluding hydrogens is 322 g/mol. The Bertz CT molecular complexity index is 770. The van der Waals surface area contributed by atoms with E-state index in [4.69, 9.17) is 4.74 Å². The highest BCUT2D eigenvalue weighted by atomic mass is 16.6. The molecule has 1 atom stereocenters. The molecule has 2 amide bonds. The lowest BCUT2D eigenvalue weighted by Crippen LogP contribution is -2.40. The Hall–Kier alpha value is -2.31. The standard InChI is InChI=1S/C18H25N3O4/c1-4-21-13(3)10-12(2)14(16(21)23)15(22)20-8-5-6-18(7-9-20)11-19-17(24)25-18/h10H,4-9,11H2,1-3H3,(H,19,24). The van der Waals surface area contributed by atoms with Gasteiger partial charge in [-0.25, -0.2) is 4.79 Å². The number of aromatic nitrogens is 1. The van der Waals surface area contributed by atoms with Crippen LogP contribution in [0.1, 0.15) is 47.8 Å². The Morgan fingerprint density at radius 1 is 1.28 bits per heavy atom. The van der Waals surface area contributed by atoms with Gasteiger partial charge in [-0.05, 0) is 45.2 Å². The molecule has 25 heavy (non-hydrogen) atoms. The van der Waals surface area contributed by atoms with Crippen LogP contribution in [0.4, 0.5) is 4.79 Å². The van der Waals surface area contributed by atoms with Crippen LogP contribution in [0, 0.1) is 13.8 Å². The summed E-state index contributed by atoms with van der Waals surface area (Å²) in [5.41, 5.74) is 1.09. The molecule has 3 rings (SSSR count). The lowest BCUT2D eigenvalue weighted by molar-refractivity contribution is 0.0438. The largest absolute Gasteiger partial charge is 0.441 e. The van der Waals surface area contributed by atoms with Gasteiger partial charge in [0.25, 0.3) is 11.5 Å². The monoisotopic (exact) mass is 347 g/mol. The molecule has 136 valence electrons. The van der Waals surface area contributed by atoms with Crippen LogP contribution < -0.4 is 10.9 Å². The maximum Gasteiger partial charge on any atom is 0.407 e. The summed E-state index contributed by atoms with van der Waals surface area (Å²) >= 11 is 0. The van der Waals surface area contributed by atoms with Crippen molar-refractivity contribution in [2.75, 3.05) is 19.6 Å². The number of nitrogens with one attached hydrogen (secondary N) is 1. The third kappa shape index (κ3) is 3.15. The summed E-state index contributed by atoms with van der Waals surface area (Å²) in [6.07, 6.45) is 1.67. The molecule has 1 N–H and O–H groups in total. The second-order valence-corrected chi connectivity index (χ2v) is 6.96. The van der Waals surface area contributed by atoms with Gasteiger partial charge in [0.15, 0.2) is 0 Å². The van der Waals surface area contributed by atoms with Crippen molar-refractivity contribution in [3.8, 4) is 0 Å². The first-order chi connectivity index (χ1) is 11.9. The highest BCUT2D eigenvalue weighted by Crippen LogP contribution is 2.29. The fourth-order valence-corrected chi connectivity index (χ4v) is 3.89. The molecule has 2 saturated heterocycles. The number of likely N-dealkylation sites (tertiary alicyclic amines) is 1. The molecule has 1 unspecified atom stereocenters. The minimum Gasteiger partial charge on any atom is -0.441 e. The van der Waals surface area contributed by atoms with Gasteiger partial charge in [0.05, 0.1) is 6.54 Å². The average molecular weight is 347 g/mol. The summed E-state index contributed by atoms with van der Waals surface area (Å²) in [6, 6.07) is 1.89. The Balaban J connectivity index is 1.85. The highest BCUT2D eigenvalue weighted by Gasteiger charge is 2.42. The third-order valence-electron chi connectivity index (χ3n) is 5.28. The minimum atomic E-state index is -0.516. The molecule has 0 bridgehead atoms. The zero-order valence-electron chi connectivity index (χ0n) is 15.1. The third-order valence-corrected chi connectivity index (χ3v) is 5.28. The first-order valence-corrected chi connectivity index (χ1v) is 8.84. The molecule has 1 spiro atoms. The molecule has 0 radical (unpaired) electrons. The second-order valence-electron chi connectivity index (χ2n) is 6.96. The topological polar surface area (TPSA) is 80.6 Å². The predicted octanol–water partition coefficient (Wildman–Crippen LogP) is 1.59. The number of hydrogen-bond donors (Lipinski definition) is 1. The summed E-state index contributed by atoms with van der Waals surface area (Å²) < 4.78 is 7.08. The minimum absolute atomic E-state index is 0.223. The maximum atomic E-state index is 13.0. The molecule has 2 aliphatic heterocycles. The fraction of sp³-hybridized carbons (Fsp3) is 0.611. The second kappa shape index (κ2) is 6.54. The van der Waals surface area contributed by atoms with Gasteiger partial charge in [-0.1, -0.05) is 0 Å². The quantitative estimate of drug-likeness (QED) is 0.881. The normalized spacial score (nSPS) is 23.3. The van der Waals surface area contributed by atoms with Gasteiger partial charge in [0.2, 0.25) is 0 Å². The van der Waals surface area contributed by atoms with Crippen molar-refractivity contribution in [1.82, 2.24) is 14.8 Å². The number of carbonyl (C=O) groups excluding carboxylic acids is 2. The maximum absolute atomic E-state index is 13.0. The van der Waals surface area contributed by atoms with Crippen molar-refractivity contribution < 1.29 is 14.3 Å². The van der Waals surface area contributed by atoms with E-state index in [1.807, 2.05) is 26.8 Å². The fourth-order valence-electron chi connectivity index (χ4n) is 3.89. The van der Waals surface area contributed by atoms with Gasteiger partial charge < -0.3 is 19.5 Å². The molecule has 3 heterocycles. The Labute approximate surface area is 147 Å². The van der Waals surface area contributed by atoms with Crippen molar-refractivity contribution in [2.24, 2.45) is 0 Å². The predicted molar refractivity (Wildman–Crippen MR) is 92.8 cm³/mol. The molecule has 0 aromatic carbocycles. The van der Waals surface area contributed by atoms with Crippen LogP contribution in [-0.2, 0) is 11.3 Å². The van der Waals surface area contributed by atoms with Crippen LogP contribution in [0.3, 0.4) is 0 Å². The molecule has 2 aliphatic rings. The number of rotatable bonds is 2. The van der Waals surface area contributed by atoms with Crippen molar-refractivity contribution >= 4 is 12.0 Å². The smallest absolute Gasteiger partial charge is 0.407 e. The van der Waals surface area contributed by atoms with Crippen LogP contribution in [0.5, 0.6) is 0 Å². The summed E-state index contributed by atoms with van der Waals surface area (Å²) in [5.74, 6) is -0.223. The molecule has 2 fully saturated rings. The number of alkyl carbamates (subject to hydrolysis) is 1. The van der Waals surface area contributed by atoms with Crippen molar-refractivity contribution in [3.05, 3.63) is 33.2 Å². The van der Waals surface area contributed by atoms with Crippen LogP contribution in [-0.4, -0.2) is 46.7 Å². The molecule has 1 aromatic rings. The van der Waals surface area contributed by atoms with Crippen molar-refractivity contribution in [3.63, 3.8) is 0 Å². The van der Waals surface area contributed by atoms with E-state index in [0.717, 1.165) is 18.5 Å². The number of hydrogen-bond acceptors (Lipinski definition) is 4. The first kappa shape index (κ1) is 17.5. The lowest BCUT2D eigenvalue weighted by Gasteiger charge is -2.25. The number of carbonyl (C=O) groups is 2. The number of aryl methyl sites for hydroxylation is 2. The van der Waals surface area contributed by atoms with E-state index >= 15 is 0 Å². The SMILES string of the molecule is CCn1c(C)cc(C)c(C(=O)N2CCCC3(CC2)CNC(=O)O3)c1=O. The summed E-state index contributed by atoms with van der Waals surface area (Å²) in [7, 11) is 0. The molecule has 7 heteroatoms. The molecule has 0 saturated carbocycles. The van der Waals surface area contributed by atoms with Gasteiger partial charge in [-0.3, -0.25) is 9.59 Å². The summed E-state index contributed by atoms with van der Waals surface area (Å²) in [5, 5.41) is 2.71. The Morgan fingerprint density at radius 2 is 2.04 bits per heavy atom. The van der Waals surface area contributed by atoms with Gasteiger partial charge in [-0.15, -0.1) is 0 Å². The van der Waals surface area contributed by atoms with Crippen molar-refractivity contribution in [1.29, 1.82) is 0 Å². The van der Waals surface area contributed by atoms with Crippen LogP contribution in [0.25, 0.3) is 0 Å². The van der Waals surface area contributed by atoms with E-state index in [-0.39, 0.29) is 23.1 Å². The highest BCUT2D eigenvalue weighted by molar-refractivity contribution is 5.95. The van der Waals surface area contributed by atoms with Gasteiger partial charge in [-0.2, -0.15) is 0 Å². The van der Waals surface area contributed by atoms with Crippen LogP contribution >= 0.6 is 0 Å².